The fourth-order valence-corrected chi connectivity index (χ4v) is 8.97. The first-order valence-corrected chi connectivity index (χ1v) is 29.9. The van der Waals surface area contributed by atoms with Gasteiger partial charge in [0.25, 0.3) is 0 Å². The van der Waals surface area contributed by atoms with Crippen LogP contribution in [-0.4, -0.2) is 37.9 Å². The second-order valence-electron chi connectivity index (χ2n) is 20.3. The lowest BCUT2D eigenvalue weighted by Gasteiger charge is -2.18. The molecule has 0 saturated carbocycles. The minimum Gasteiger partial charge on any atom is -0.462 e. The number of carbonyl (C=O) groups is 2. The molecule has 0 aliphatic rings. The van der Waals surface area contributed by atoms with E-state index in [4.69, 9.17) is 14.2 Å². The monoisotopic (exact) mass is 929 g/mol. The van der Waals surface area contributed by atoms with Crippen LogP contribution in [0.4, 0.5) is 0 Å². The summed E-state index contributed by atoms with van der Waals surface area (Å²) in [7, 11) is 0. The summed E-state index contributed by atoms with van der Waals surface area (Å²) in [6, 6.07) is 0. The van der Waals surface area contributed by atoms with Crippen LogP contribution < -0.4 is 0 Å². The number of hydrogen-bond donors (Lipinski definition) is 0. The maximum atomic E-state index is 12.9. The van der Waals surface area contributed by atoms with E-state index in [0.29, 0.717) is 19.4 Å². The van der Waals surface area contributed by atoms with Crippen LogP contribution in [0.2, 0.25) is 0 Å². The van der Waals surface area contributed by atoms with Crippen LogP contribution in [0.3, 0.4) is 0 Å². The van der Waals surface area contributed by atoms with Gasteiger partial charge in [-0.05, 0) is 70.6 Å². The molecular weight excluding hydrogens is 813 g/mol. The van der Waals surface area contributed by atoms with Crippen molar-refractivity contribution in [3.05, 3.63) is 24.3 Å². The van der Waals surface area contributed by atoms with Gasteiger partial charge in [-0.2, -0.15) is 0 Å². The van der Waals surface area contributed by atoms with E-state index in [0.717, 1.165) is 57.8 Å². The van der Waals surface area contributed by atoms with E-state index >= 15 is 0 Å². The topological polar surface area (TPSA) is 61.8 Å². The van der Waals surface area contributed by atoms with Crippen LogP contribution in [-0.2, 0) is 23.8 Å². The zero-order valence-corrected chi connectivity index (χ0v) is 45.0. The second kappa shape index (κ2) is 57.7. The van der Waals surface area contributed by atoms with Gasteiger partial charge in [-0.25, -0.2) is 0 Å². The Labute approximate surface area is 413 Å². The van der Waals surface area contributed by atoms with Gasteiger partial charge in [-0.3, -0.25) is 9.59 Å². The molecule has 0 saturated heterocycles. The van der Waals surface area contributed by atoms with Gasteiger partial charge in [-0.15, -0.1) is 0 Å². The summed E-state index contributed by atoms with van der Waals surface area (Å²) in [6.07, 6.45) is 69.2. The molecule has 0 N–H and O–H groups in total. The first kappa shape index (κ1) is 64.4. The summed E-state index contributed by atoms with van der Waals surface area (Å²) in [5, 5.41) is 0. The standard InChI is InChI=1S/C61H116O5/c1-4-7-10-13-16-19-22-25-28-29-30-31-32-35-38-41-44-47-50-53-56-64-57-59(66-61(63)55-52-49-46-43-40-37-34-27-24-21-18-15-12-9-6-3)58-65-60(62)54-51-48-45-42-39-36-33-26-23-20-17-14-11-8-5-2/h26-27,33-34,59H,4-25,28-32,35-58H2,1-3H3/b33-26-,34-27-. The highest BCUT2D eigenvalue weighted by atomic mass is 16.6. The average molecular weight is 930 g/mol. The summed E-state index contributed by atoms with van der Waals surface area (Å²) in [5.74, 6) is -0.395. The fraction of sp³-hybridized carbons (Fsp3) is 0.902. The zero-order chi connectivity index (χ0) is 47.7. The van der Waals surface area contributed by atoms with Crippen molar-refractivity contribution in [2.24, 2.45) is 0 Å². The van der Waals surface area contributed by atoms with Crippen molar-refractivity contribution in [2.45, 2.75) is 335 Å². The molecule has 0 aromatic rings. The van der Waals surface area contributed by atoms with Crippen LogP contribution in [0.5, 0.6) is 0 Å². The Morgan fingerprint density at radius 2 is 0.591 bits per heavy atom. The summed E-state index contributed by atoms with van der Waals surface area (Å²) >= 11 is 0. The highest BCUT2D eigenvalue weighted by Gasteiger charge is 2.17. The highest BCUT2D eigenvalue weighted by Crippen LogP contribution is 2.17. The lowest BCUT2D eigenvalue weighted by molar-refractivity contribution is -0.163. The first-order valence-electron chi connectivity index (χ1n) is 29.9. The maximum absolute atomic E-state index is 12.9. The van der Waals surface area contributed by atoms with Crippen molar-refractivity contribution in [3.8, 4) is 0 Å². The summed E-state index contributed by atoms with van der Waals surface area (Å²) in [6.45, 7) is 7.87. The highest BCUT2D eigenvalue weighted by molar-refractivity contribution is 5.70. The van der Waals surface area contributed by atoms with Crippen molar-refractivity contribution >= 4 is 11.9 Å². The van der Waals surface area contributed by atoms with Crippen LogP contribution in [0.15, 0.2) is 24.3 Å². The average Bonchev–Trinajstić information content (AvgIpc) is 3.32. The number of carbonyl (C=O) groups excluding carboxylic acids is 2. The normalized spacial score (nSPS) is 12.2. The van der Waals surface area contributed by atoms with E-state index in [1.165, 1.54) is 238 Å². The number of rotatable bonds is 56. The second-order valence-corrected chi connectivity index (χ2v) is 20.3. The van der Waals surface area contributed by atoms with Crippen LogP contribution >= 0.6 is 0 Å². The maximum Gasteiger partial charge on any atom is 0.306 e. The molecule has 0 amide bonds. The molecule has 1 atom stereocenters. The molecule has 0 rings (SSSR count). The molecule has 5 heteroatoms. The van der Waals surface area contributed by atoms with Gasteiger partial charge in [-0.1, -0.05) is 270 Å². The van der Waals surface area contributed by atoms with Gasteiger partial charge < -0.3 is 14.2 Å². The molecule has 0 fully saturated rings. The molecule has 0 aromatic heterocycles. The number of allylic oxidation sites excluding steroid dienone is 4. The van der Waals surface area contributed by atoms with Crippen molar-refractivity contribution in [1.82, 2.24) is 0 Å². The molecule has 0 bridgehead atoms. The third-order valence-corrected chi connectivity index (χ3v) is 13.5. The van der Waals surface area contributed by atoms with E-state index in [1.807, 2.05) is 0 Å². The van der Waals surface area contributed by atoms with E-state index in [9.17, 15) is 9.59 Å². The van der Waals surface area contributed by atoms with Crippen molar-refractivity contribution in [2.75, 3.05) is 19.8 Å². The van der Waals surface area contributed by atoms with Gasteiger partial charge in [0.15, 0.2) is 6.10 Å². The quantitative estimate of drug-likeness (QED) is 0.0345. The molecule has 0 radical (unpaired) electrons. The largest absolute Gasteiger partial charge is 0.462 e. The summed E-state index contributed by atoms with van der Waals surface area (Å²) in [4.78, 5) is 25.5. The predicted molar refractivity (Wildman–Crippen MR) is 289 cm³/mol. The molecule has 1 unspecified atom stereocenters. The van der Waals surface area contributed by atoms with Crippen molar-refractivity contribution in [3.63, 3.8) is 0 Å². The van der Waals surface area contributed by atoms with Gasteiger partial charge in [0.1, 0.15) is 6.61 Å². The lowest BCUT2D eigenvalue weighted by atomic mass is 10.0. The van der Waals surface area contributed by atoms with Crippen molar-refractivity contribution in [1.29, 1.82) is 0 Å². The Balaban J connectivity index is 4.21. The van der Waals surface area contributed by atoms with Crippen LogP contribution in [0.1, 0.15) is 329 Å². The van der Waals surface area contributed by atoms with E-state index in [-0.39, 0.29) is 25.2 Å². The van der Waals surface area contributed by atoms with Gasteiger partial charge >= 0.3 is 11.9 Å². The Morgan fingerprint density at radius 1 is 0.318 bits per heavy atom. The Morgan fingerprint density at radius 3 is 0.924 bits per heavy atom. The molecule has 0 aliphatic carbocycles. The number of esters is 2. The Bertz CT molecular complexity index is 1010. The van der Waals surface area contributed by atoms with Crippen LogP contribution in [0, 0.1) is 0 Å². The molecular formula is C61H116O5. The first-order chi connectivity index (χ1) is 32.6. The van der Waals surface area contributed by atoms with Crippen LogP contribution in [0.25, 0.3) is 0 Å². The number of ether oxygens (including phenoxy) is 3. The van der Waals surface area contributed by atoms with Gasteiger partial charge in [0.2, 0.25) is 0 Å². The molecule has 0 aromatic carbocycles. The number of unbranched alkanes of at least 4 members (excludes halogenated alkanes) is 41. The summed E-state index contributed by atoms with van der Waals surface area (Å²) < 4.78 is 17.5. The van der Waals surface area contributed by atoms with E-state index < -0.39 is 6.10 Å². The molecule has 0 heterocycles. The van der Waals surface area contributed by atoms with E-state index in [2.05, 4.69) is 45.1 Å². The minimum atomic E-state index is -0.538. The predicted octanol–water partition coefficient (Wildman–Crippen LogP) is 20.4. The zero-order valence-electron chi connectivity index (χ0n) is 45.0. The molecule has 0 aliphatic heterocycles. The number of hydrogen-bond acceptors (Lipinski definition) is 5. The Kier molecular flexibility index (Phi) is 56.3. The van der Waals surface area contributed by atoms with E-state index in [1.54, 1.807) is 0 Å². The smallest absolute Gasteiger partial charge is 0.306 e. The van der Waals surface area contributed by atoms with Gasteiger partial charge in [0, 0.05) is 19.4 Å². The minimum absolute atomic E-state index is 0.0846. The third kappa shape index (κ3) is 55.0. The van der Waals surface area contributed by atoms with Crippen molar-refractivity contribution < 1.29 is 23.8 Å². The molecule has 390 valence electrons. The Hall–Kier alpha value is -1.62. The third-order valence-electron chi connectivity index (χ3n) is 13.5. The fourth-order valence-electron chi connectivity index (χ4n) is 8.97. The molecule has 66 heavy (non-hydrogen) atoms. The summed E-state index contributed by atoms with van der Waals surface area (Å²) in [5.41, 5.74) is 0. The molecule has 5 nitrogen and oxygen atoms in total. The lowest BCUT2D eigenvalue weighted by Crippen LogP contribution is -2.30. The SMILES string of the molecule is CCCCCCCC/C=C\CCCCCCCC(=O)OCC(COCCCCCCCCCCCCCCCCCCCCCC)OC(=O)CCCCCCC/C=C\CCCCCCCC. The van der Waals surface area contributed by atoms with Gasteiger partial charge in [0.05, 0.1) is 6.61 Å². The molecule has 0 spiro atoms.